The molecule has 1 unspecified atom stereocenters. The number of anilines is 1. The van der Waals surface area contributed by atoms with Crippen LogP contribution in [0.25, 0.3) is 0 Å². The smallest absolute Gasteiger partial charge is 0.216 e. The largest absolute Gasteiger partial charge is 0.374 e. The highest BCUT2D eigenvalue weighted by atomic mass is 32.2. The summed E-state index contributed by atoms with van der Waals surface area (Å²) in [5.74, 6) is 0. The second kappa shape index (κ2) is 6.42. The SMILES string of the molecule is CC1(C)CC(S(=O)(=O)NC[C@H]2CCCN2c2ccccc2)CO1. The number of nitrogens with one attached hydrogen (secondary N) is 1. The van der Waals surface area contributed by atoms with Crippen LogP contribution in [-0.2, 0) is 14.8 Å². The number of para-hydroxylation sites is 1. The molecule has 23 heavy (non-hydrogen) atoms. The molecule has 1 N–H and O–H groups in total. The monoisotopic (exact) mass is 338 g/mol. The number of ether oxygens (including phenoxy) is 1. The Morgan fingerprint density at radius 2 is 2.04 bits per heavy atom. The van der Waals surface area contributed by atoms with E-state index in [2.05, 4.69) is 21.8 Å². The Hall–Kier alpha value is -1.11. The first kappa shape index (κ1) is 16.7. The average Bonchev–Trinajstić information content (AvgIpc) is 3.12. The van der Waals surface area contributed by atoms with E-state index in [-0.39, 0.29) is 18.2 Å². The molecule has 2 atom stereocenters. The van der Waals surface area contributed by atoms with Gasteiger partial charge in [-0.1, -0.05) is 18.2 Å². The molecule has 0 saturated carbocycles. The topological polar surface area (TPSA) is 58.6 Å². The number of sulfonamides is 1. The lowest BCUT2D eigenvalue weighted by Crippen LogP contribution is -2.43. The van der Waals surface area contributed by atoms with Gasteiger partial charge in [-0.2, -0.15) is 0 Å². The van der Waals surface area contributed by atoms with Gasteiger partial charge in [-0.15, -0.1) is 0 Å². The van der Waals surface area contributed by atoms with Crippen LogP contribution in [0.1, 0.15) is 33.1 Å². The highest BCUT2D eigenvalue weighted by Gasteiger charge is 2.40. The second-order valence-electron chi connectivity index (χ2n) is 7.12. The minimum Gasteiger partial charge on any atom is -0.374 e. The number of benzene rings is 1. The molecular weight excluding hydrogens is 312 g/mol. The third-order valence-corrected chi connectivity index (χ3v) is 6.55. The maximum absolute atomic E-state index is 12.5. The van der Waals surface area contributed by atoms with Crippen LogP contribution in [0.5, 0.6) is 0 Å². The second-order valence-corrected chi connectivity index (χ2v) is 9.16. The van der Waals surface area contributed by atoms with Crippen LogP contribution in [0.2, 0.25) is 0 Å². The van der Waals surface area contributed by atoms with E-state index in [4.69, 9.17) is 4.74 Å². The predicted molar refractivity (Wildman–Crippen MR) is 92.2 cm³/mol. The molecule has 0 spiro atoms. The van der Waals surface area contributed by atoms with Crippen molar-refractivity contribution in [3.05, 3.63) is 30.3 Å². The van der Waals surface area contributed by atoms with E-state index in [0.29, 0.717) is 13.0 Å². The quantitative estimate of drug-likeness (QED) is 0.894. The average molecular weight is 338 g/mol. The maximum atomic E-state index is 12.5. The summed E-state index contributed by atoms with van der Waals surface area (Å²) >= 11 is 0. The van der Waals surface area contributed by atoms with Crippen molar-refractivity contribution in [3.63, 3.8) is 0 Å². The summed E-state index contributed by atoms with van der Waals surface area (Å²) < 4.78 is 33.4. The first-order chi connectivity index (χ1) is 10.9. The van der Waals surface area contributed by atoms with Crippen LogP contribution in [0.3, 0.4) is 0 Å². The molecule has 1 aromatic carbocycles. The van der Waals surface area contributed by atoms with E-state index in [1.807, 2.05) is 32.0 Å². The van der Waals surface area contributed by atoms with E-state index in [0.717, 1.165) is 19.4 Å². The molecule has 128 valence electrons. The maximum Gasteiger partial charge on any atom is 0.216 e. The molecule has 2 heterocycles. The Morgan fingerprint density at radius 3 is 2.70 bits per heavy atom. The molecule has 0 radical (unpaired) electrons. The van der Waals surface area contributed by atoms with Crippen molar-refractivity contribution in [2.75, 3.05) is 24.6 Å². The fourth-order valence-corrected chi connectivity index (χ4v) is 5.05. The Kier molecular flexibility index (Phi) is 4.67. The molecule has 0 amide bonds. The molecule has 1 aromatic rings. The molecule has 0 aliphatic carbocycles. The Bertz CT molecular complexity index is 630. The van der Waals surface area contributed by atoms with Crippen LogP contribution in [0.4, 0.5) is 5.69 Å². The van der Waals surface area contributed by atoms with E-state index in [1.165, 1.54) is 5.69 Å². The van der Waals surface area contributed by atoms with Gasteiger partial charge in [0.2, 0.25) is 10.0 Å². The zero-order chi connectivity index (χ0) is 16.5. The summed E-state index contributed by atoms with van der Waals surface area (Å²) in [5.41, 5.74) is 0.822. The molecule has 0 aromatic heterocycles. The molecule has 5 nitrogen and oxygen atoms in total. The zero-order valence-corrected chi connectivity index (χ0v) is 14.7. The number of hydrogen-bond donors (Lipinski definition) is 1. The summed E-state index contributed by atoms with van der Waals surface area (Å²) in [7, 11) is -3.33. The molecule has 2 aliphatic rings. The molecule has 0 bridgehead atoms. The predicted octanol–water partition coefficient (Wildman–Crippen LogP) is 2.14. The minimum atomic E-state index is -3.33. The van der Waals surface area contributed by atoms with Crippen molar-refractivity contribution in [3.8, 4) is 0 Å². The van der Waals surface area contributed by atoms with Crippen LogP contribution >= 0.6 is 0 Å². The Labute approximate surface area is 139 Å². The summed E-state index contributed by atoms with van der Waals surface area (Å²) in [5, 5.41) is -0.441. The van der Waals surface area contributed by atoms with E-state index in [1.54, 1.807) is 0 Å². The van der Waals surface area contributed by atoms with Gasteiger partial charge < -0.3 is 9.64 Å². The zero-order valence-electron chi connectivity index (χ0n) is 13.9. The minimum absolute atomic E-state index is 0.225. The van der Waals surface area contributed by atoms with Crippen molar-refractivity contribution < 1.29 is 13.2 Å². The van der Waals surface area contributed by atoms with Crippen LogP contribution < -0.4 is 9.62 Å². The van der Waals surface area contributed by atoms with E-state index < -0.39 is 15.3 Å². The van der Waals surface area contributed by atoms with Crippen LogP contribution in [-0.4, -0.2) is 45.0 Å². The van der Waals surface area contributed by atoms with Crippen molar-refractivity contribution in [2.45, 2.75) is 50.0 Å². The number of hydrogen-bond acceptors (Lipinski definition) is 4. The van der Waals surface area contributed by atoms with Gasteiger partial charge in [-0.3, -0.25) is 0 Å². The van der Waals surface area contributed by atoms with Crippen molar-refractivity contribution in [1.82, 2.24) is 4.72 Å². The van der Waals surface area contributed by atoms with Gasteiger partial charge in [0.05, 0.1) is 12.2 Å². The number of rotatable bonds is 5. The van der Waals surface area contributed by atoms with Gasteiger partial charge in [-0.05, 0) is 45.2 Å². The summed E-state index contributed by atoms with van der Waals surface area (Å²) in [4.78, 5) is 2.30. The van der Waals surface area contributed by atoms with Gasteiger partial charge in [-0.25, -0.2) is 13.1 Å². The molecule has 6 heteroatoms. The standard InChI is InChI=1S/C17H26N2O3S/c1-17(2)11-16(13-22-17)23(20,21)18-12-15-9-6-10-19(15)14-7-4-3-5-8-14/h3-5,7-8,15-16,18H,6,9-13H2,1-2H3/t15-,16?/m1/s1. The highest BCUT2D eigenvalue weighted by molar-refractivity contribution is 7.90. The first-order valence-corrected chi connectivity index (χ1v) is 9.86. The molecular formula is C17H26N2O3S. The summed E-state index contributed by atoms with van der Waals surface area (Å²) in [6.45, 7) is 5.62. The molecule has 2 saturated heterocycles. The fourth-order valence-electron chi connectivity index (χ4n) is 3.52. The van der Waals surface area contributed by atoms with Crippen molar-refractivity contribution >= 4 is 15.7 Å². The molecule has 2 aliphatic heterocycles. The van der Waals surface area contributed by atoms with E-state index in [9.17, 15) is 8.42 Å². The summed E-state index contributed by atoms with van der Waals surface area (Å²) in [6, 6.07) is 10.4. The Morgan fingerprint density at radius 1 is 1.30 bits per heavy atom. The van der Waals surface area contributed by atoms with Gasteiger partial charge >= 0.3 is 0 Å². The van der Waals surface area contributed by atoms with Crippen molar-refractivity contribution in [1.29, 1.82) is 0 Å². The highest BCUT2D eigenvalue weighted by Crippen LogP contribution is 2.29. The normalized spacial score (nSPS) is 27.5. The Balaban J connectivity index is 1.61. The first-order valence-electron chi connectivity index (χ1n) is 8.31. The van der Waals surface area contributed by atoms with Gasteiger partial charge in [0.25, 0.3) is 0 Å². The molecule has 2 fully saturated rings. The lowest BCUT2D eigenvalue weighted by atomic mass is 10.1. The molecule has 3 rings (SSSR count). The third kappa shape index (κ3) is 3.87. The lowest BCUT2D eigenvalue weighted by molar-refractivity contribution is 0.0367. The van der Waals surface area contributed by atoms with Crippen LogP contribution in [0.15, 0.2) is 30.3 Å². The van der Waals surface area contributed by atoms with E-state index >= 15 is 0 Å². The fraction of sp³-hybridized carbons (Fsp3) is 0.647. The summed E-state index contributed by atoms with van der Waals surface area (Å²) in [6.07, 6.45) is 2.67. The van der Waals surface area contributed by atoms with Crippen molar-refractivity contribution in [2.24, 2.45) is 0 Å². The third-order valence-electron chi connectivity index (χ3n) is 4.80. The lowest BCUT2D eigenvalue weighted by Gasteiger charge is -2.27. The van der Waals surface area contributed by atoms with Gasteiger partial charge in [0, 0.05) is 24.8 Å². The van der Waals surface area contributed by atoms with Crippen LogP contribution in [0, 0.1) is 0 Å². The number of nitrogens with zero attached hydrogens (tertiary/aromatic N) is 1. The van der Waals surface area contributed by atoms with Gasteiger partial charge in [0.1, 0.15) is 5.25 Å². The van der Waals surface area contributed by atoms with Gasteiger partial charge in [0.15, 0.2) is 0 Å².